The Balaban J connectivity index is 2.05. The minimum atomic E-state index is -0.220. The zero-order valence-corrected chi connectivity index (χ0v) is 11.9. The van der Waals surface area contributed by atoms with Crippen LogP contribution >= 0.6 is 0 Å². The molecule has 106 valence electrons. The Kier molecular flexibility index (Phi) is 4.74. The van der Waals surface area contributed by atoms with Crippen LogP contribution in [0.2, 0.25) is 0 Å². The molecule has 2 nitrogen and oxygen atoms in total. The Morgan fingerprint density at radius 2 is 1.80 bits per heavy atom. The highest BCUT2D eigenvalue weighted by molar-refractivity contribution is 5.37. The molecule has 0 spiro atoms. The first kappa shape index (κ1) is 14.5. The SMILES string of the molecule is COc1ccc(C)cc1CC(N)Cc1ccc(F)cc1. The minimum Gasteiger partial charge on any atom is -0.496 e. The second-order valence-corrected chi connectivity index (χ2v) is 5.11. The molecule has 0 radical (unpaired) electrons. The quantitative estimate of drug-likeness (QED) is 0.907. The van der Waals surface area contributed by atoms with Gasteiger partial charge in [-0.3, -0.25) is 0 Å². The third-order valence-electron chi connectivity index (χ3n) is 3.33. The number of hydrogen-bond donors (Lipinski definition) is 1. The van der Waals surface area contributed by atoms with Crippen molar-refractivity contribution in [1.29, 1.82) is 0 Å². The van der Waals surface area contributed by atoms with Gasteiger partial charge in [-0.25, -0.2) is 4.39 Å². The largest absolute Gasteiger partial charge is 0.496 e. The van der Waals surface area contributed by atoms with Gasteiger partial charge in [0.15, 0.2) is 0 Å². The highest BCUT2D eigenvalue weighted by Crippen LogP contribution is 2.21. The van der Waals surface area contributed by atoms with Gasteiger partial charge in [-0.05, 0) is 49.1 Å². The molecule has 2 rings (SSSR count). The van der Waals surface area contributed by atoms with Crippen molar-refractivity contribution in [2.75, 3.05) is 7.11 Å². The summed E-state index contributed by atoms with van der Waals surface area (Å²) in [7, 11) is 1.67. The summed E-state index contributed by atoms with van der Waals surface area (Å²) >= 11 is 0. The van der Waals surface area contributed by atoms with Crippen molar-refractivity contribution in [3.05, 3.63) is 65.0 Å². The van der Waals surface area contributed by atoms with Gasteiger partial charge in [-0.1, -0.05) is 29.8 Å². The minimum absolute atomic E-state index is 0.0174. The monoisotopic (exact) mass is 273 g/mol. The topological polar surface area (TPSA) is 35.2 Å². The van der Waals surface area contributed by atoms with E-state index in [0.29, 0.717) is 0 Å². The third-order valence-corrected chi connectivity index (χ3v) is 3.33. The molecule has 0 aromatic heterocycles. The van der Waals surface area contributed by atoms with Crippen LogP contribution in [-0.4, -0.2) is 13.2 Å². The lowest BCUT2D eigenvalue weighted by molar-refractivity contribution is 0.407. The molecule has 20 heavy (non-hydrogen) atoms. The molecule has 1 unspecified atom stereocenters. The predicted octanol–water partition coefficient (Wildman–Crippen LogP) is 3.26. The second kappa shape index (κ2) is 6.53. The van der Waals surface area contributed by atoms with Crippen molar-refractivity contribution < 1.29 is 9.13 Å². The molecule has 0 saturated carbocycles. The molecule has 2 aromatic carbocycles. The van der Waals surface area contributed by atoms with Crippen LogP contribution < -0.4 is 10.5 Å². The molecule has 0 aliphatic rings. The summed E-state index contributed by atoms with van der Waals surface area (Å²) in [5.41, 5.74) is 9.55. The lowest BCUT2D eigenvalue weighted by Gasteiger charge is -2.15. The summed E-state index contributed by atoms with van der Waals surface area (Å²) in [4.78, 5) is 0. The van der Waals surface area contributed by atoms with E-state index in [2.05, 4.69) is 13.0 Å². The van der Waals surface area contributed by atoms with E-state index in [1.54, 1.807) is 19.2 Å². The van der Waals surface area contributed by atoms with Gasteiger partial charge in [0.05, 0.1) is 7.11 Å². The molecule has 0 aliphatic carbocycles. The van der Waals surface area contributed by atoms with Gasteiger partial charge in [0, 0.05) is 6.04 Å². The zero-order chi connectivity index (χ0) is 14.5. The van der Waals surface area contributed by atoms with E-state index in [1.165, 1.54) is 17.7 Å². The maximum atomic E-state index is 12.9. The van der Waals surface area contributed by atoms with Gasteiger partial charge in [-0.2, -0.15) is 0 Å². The van der Waals surface area contributed by atoms with Crippen molar-refractivity contribution >= 4 is 0 Å². The highest BCUT2D eigenvalue weighted by atomic mass is 19.1. The summed E-state index contributed by atoms with van der Waals surface area (Å²) in [6.45, 7) is 2.05. The van der Waals surface area contributed by atoms with Gasteiger partial charge < -0.3 is 10.5 Å². The van der Waals surface area contributed by atoms with Crippen molar-refractivity contribution in [3.63, 3.8) is 0 Å². The number of methoxy groups -OCH3 is 1. The predicted molar refractivity (Wildman–Crippen MR) is 79.5 cm³/mol. The standard InChI is InChI=1S/C17H20FNO/c1-12-3-8-17(20-2)14(9-12)11-16(19)10-13-4-6-15(18)7-5-13/h3-9,16H,10-11,19H2,1-2H3. The van der Waals surface area contributed by atoms with Gasteiger partial charge >= 0.3 is 0 Å². The molecule has 0 saturated heterocycles. The van der Waals surface area contributed by atoms with Crippen LogP contribution in [0.25, 0.3) is 0 Å². The fraction of sp³-hybridized carbons (Fsp3) is 0.294. The fourth-order valence-electron chi connectivity index (χ4n) is 2.34. The van der Waals surface area contributed by atoms with E-state index in [4.69, 9.17) is 10.5 Å². The van der Waals surface area contributed by atoms with E-state index < -0.39 is 0 Å². The lowest BCUT2D eigenvalue weighted by Crippen LogP contribution is -2.25. The van der Waals surface area contributed by atoms with Crippen LogP contribution in [-0.2, 0) is 12.8 Å². The van der Waals surface area contributed by atoms with Gasteiger partial charge in [0.1, 0.15) is 11.6 Å². The number of ether oxygens (including phenoxy) is 1. The molecule has 0 bridgehead atoms. The Hall–Kier alpha value is -1.87. The maximum absolute atomic E-state index is 12.9. The maximum Gasteiger partial charge on any atom is 0.123 e. The van der Waals surface area contributed by atoms with E-state index in [-0.39, 0.29) is 11.9 Å². The molecule has 0 fully saturated rings. The molecule has 3 heteroatoms. The van der Waals surface area contributed by atoms with Crippen LogP contribution in [0.15, 0.2) is 42.5 Å². The van der Waals surface area contributed by atoms with Crippen molar-refractivity contribution in [1.82, 2.24) is 0 Å². The fourth-order valence-corrected chi connectivity index (χ4v) is 2.34. The Morgan fingerprint density at radius 1 is 1.10 bits per heavy atom. The van der Waals surface area contributed by atoms with Crippen molar-refractivity contribution in [3.8, 4) is 5.75 Å². The number of nitrogens with two attached hydrogens (primary N) is 1. The molecule has 0 aliphatic heterocycles. The number of rotatable bonds is 5. The molecular formula is C17H20FNO. The van der Waals surface area contributed by atoms with Gasteiger partial charge in [-0.15, -0.1) is 0 Å². The number of halogens is 1. The number of hydrogen-bond acceptors (Lipinski definition) is 2. The van der Waals surface area contributed by atoms with E-state index in [0.717, 1.165) is 29.7 Å². The van der Waals surface area contributed by atoms with Crippen LogP contribution in [0.4, 0.5) is 4.39 Å². The van der Waals surface area contributed by atoms with E-state index in [9.17, 15) is 4.39 Å². The first-order valence-corrected chi connectivity index (χ1v) is 6.72. The van der Waals surface area contributed by atoms with Crippen LogP contribution in [0.3, 0.4) is 0 Å². The zero-order valence-electron chi connectivity index (χ0n) is 11.9. The molecule has 0 amide bonds. The molecular weight excluding hydrogens is 253 g/mol. The van der Waals surface area contributed by atoms with Crippen LogP contribution in [0.1, 0.15) is 16.7 Å². The molecule has 0 heterocycles. The Labute approximate surface area is 119 Å². The van der Waals surface area contributed by atoms with Crippen LogP contribution in [0.5, 0.6) is 5.75 Å². The second-order valence-electron chi connectivity index (χ2n) is 5.11. The highest BCUT2D eigenvalue weighted by Gasteiger charge is 2.10. The third kappa shape index (κ3) is 3.81. The normalized spacial score (nSPS) is 12.2. The van der Waals surface area contributed by atoms with E-state index in [1.807, 2.05) is 12.1 Å². The van der Waals surface area contributed by atoms with E-state index >= 15 is 0 Å². The van der Waals surface area contributed by atoms with Crippen LogP contribution in [0, 0.1) is 12.7 Å². The first-order chi connectivity index (χ1) is 9.58. The summed E-state index contributed by atoms with van der Waals surface area (Å²) in [5, 5.41) is 0. The van der Waals surface area contributed by atoms with Crippen molar-refractivity contribution in [2.45, 2.75) is 25.8 Å². The summed E-state index contributed by atoms with van der Waals surface area (Å²) in [6.07, 6.45) is 1.46. The smallest absolute Gasteiger partial charge is 0.123 e. The molecule has 2 aromatic rings. The average molecular weight is 273 g/mol. The van der Waals surface area contributed by atoms with Gasteiger partial charge in [0.25, 0.3) is 0 Å². The number of aryl methyl sites for hydroxylation is 1. The first-order valence-electron chi connectivity index (χ1n) is 6.72. The summed E-state index contributed by atoms with van der Waals surface area (Å²) in [6, 6.07) is 12.6. The average Bonchev–Trinajstić information content (AvgIpc) is 2.41. The Bertz CT molecular complexity index is 566. The summed E-state index contributed by atoms with van der Waals surface area (Å²) < 4.78 is 18.2. The lowest BCUT2D eigenvalue weighted by atomic mass is 9.98. The number of benzene rings is 2. The molecule has 2 N–H and O–H groups in total. The Morgan fingerprint density at radius 3 is 2.45 bits per heavy atom. The summed E-state index contributed by atoms with van der Waals surface area (Å²) in [5.74, 6) is 0.646. The van der Waals surface area contributed by atoms with Gasteiger partial charge in [0.2, 0.25) is 0 Å². The van der Waals surface area contributed by atoms with Crippen molar-refractivity contribution in [2.24, 2.45) is 5.73 Å². The molecule has 1 atom stereocenters.